The van der Waals surface area contributed by atoms with E-state index >= 15 is 0 Å². The van der Waals surface area contributed by atoms with Crippen LogP contribution in [0.4, 0.5) is 0 Å². The molecule has 0 heterocycles. The molecule has 0 aliphatic carbocycles. The van der Waals surface area contributed by atoms with Gasteiger partial charge in [-0.2, -0.15) is 4.36 Å². The van der Waals surface area contributed by atoms with E-state index in [9.17, 15) is 4.79 Å². The number of carbonyl (C=O) groups is 1. The summed E-state index contributed by atoms with van der Waals surface area (Å²) in [6, 6.07) is 0. The Morgan fingerprint density at radius 3 is 2.07 bits per heavy atom. The minimum atomic E-state index is -0.146. The Labute approximate surface area is 96.3 Å². The van der Waals surface area contributed by atoms with Crippen molar-refractivity contribution in [3.8, 4) is 0 Å². The normalized spacial score (nSPS) is 12.7. The minimum Gasteiger partial charge on any atom is -0.267 e. The van der Waals surface area contributed by atoms with E-state index < -0.39 is 0 Å². The molecule has 0 aromatic heterocycles. The van der Waals surface area contributed by atoms with E-state index in [4.69, 9.17) is 0 Å². The second-order valence-corrected chi connectivity index (χ2v) is 6.98. The second kappa shape index (κ2) is 6.94. The third-order valence-corrected chi connectivity index (χ3v) is 4.41. The maximum absolute atomic E-state index is 11.6. The van der Waals surface area contributed by atoms with Gasteiger partial charge in [0.1, 0.15) is 0 Å². The zero-order valence-corrected chi connectivity index (χ0v) is 11.5. The summed E-state index contributed by atoms with van der Waals surface area (Å²) in [6.45, 7) is 12.5. The Hall–Kier alpha value is -0.440. The molecule has 0 aliphatic heterocycles. The number of carbonyl (C=O) groups excluding carboxylic acids is 1. The van der Waals surface area contributed by atoms with Crippen LogP contribution in [-0.2, 0) is 15.5 Å². The van der Waals surface area contributed by atoms with Gasteiger partial charge in [0.15, 0.2) is 0 Å². The van der Waals surface area contributed by atoms with Crippen molar-refractivity contribution in [1.29, 1.82) is 0 Å². The van der Waals surface area contributed by atoms with Gasteiger partial charge in [-0.3, -0.25) is 4.79 Å². The van der Waals surface area contributed by atoms with Crippen LogP contribution in [0.3, 0.4) is 0 Å². The van der Waals surface area contributed by atoms with Crippen molar-refractivity contribution in [1.82, 2.24) is 0 Å². The lowest BCUT2D eigenvalue weighted by atomic mass is 10.2. The highest BCUT2D eigenvalue weighted by Crippen LogP contribution is 2.08. The van der Waals surface area contributed by atoms with E-state index in [1.54, 1.807) is 6.08 Å². The van der Waals surface area contributed by atoms with Gasteiger partial charge in [0.25, 0.3) is 5.91 Å². The number of hydrogen-bond donors (Lipinski definition) is 0. The fourth-order valence-corrected chi connectivity index (χ4v) is 2.97. The number of amides is 1. The number of allylic oxidation sites excluding steroid dienone is 1. The summed E-state index contributed by atoms with van der Waals surface area (Å²) in [6.07, 6.45) is 2.57. The maximum atomic E-state index is 11.6. The molecule has 0 radical (unpaired) electrons. The van der Waals surface area contributed by atoms with Crippen LogP contribution in [0.5, 0.6) is 0 Å². The largest absolute Gasteiger partial charge is 0.275 e. The molecular formula is C12H23NOS. The van der Waals surface area contributed by atoms with Crippen molar-refractivity contribution in [2.75, 3.05) is 0 Å². The van der Waals surface area contributed by atoms with E-state index in [0.29, 0.717) is 10.5 Å². The molecule has 0 fully saturated rings. The number of hydrogen-bond acceptors (Lipinski definition) is 1. The average Bonchev–Trinajstić information content (AvgIpc) is 2.12. The van der Waals surface area contributed by atoms with Gasteiger partial charge in [-0.05, 0) is 13.3 Å². The monoisotopic (exact) mass is 229 g/mol. The van der Waals surface area contributed by atoms with Crippen molar-refractivity contribution in [3.63, 3.8) is 0 Å². The van der Waals surface area contributed by atoms with Crippen LogP contribution in [0, 0.1) is 0 Å². The maximum Gasteiger partial charge on any atom is 0.275 e. The van der Waals surface area contributed by atoms with Gasteiger partial charge in [-0.1, -0.05) is 50.9 Å². The summed E-state index contributed by atoms with van der Waals surface area (Å²) in [5.74, 6) is -0.0694. The van der Waals surface area contributed by atoms with Gasteiger partial charge >= 0.3 is 0 Å². The second-order valence-electron chi connectivity index (χ2n) is 4.22. The summed E-state index contributed by atoms with van der Waals surface area (Å²) in [4.78, 5) is 11.6. The first-order chi connectivity index (χ1) is 6.88. The Morgan fingerprint density at radius 1 is 1.27 bits per heavy atom. The van der Waals surface area contributed by atoms with Crippen LogP contribution in [-0.4, -0.2) is 16.4 Å². The third-order valence-electron chi connectivity index (χ3n) is 2.09. The van der Waals surface area contributed by atoms with Crippen LogP contribution in [0.2, 0.25) is 0 Å². The van der Waals surface area contributed by atoms with E-state index in [0.717, 1.165) is 12.0 Å². The highest BCUT2D eigenvalue weighted by molar-refractivity contribution is 7.88. The molecule has 0 bridgehead atoms. The molecule has 0 aliphatic rings. The predicted molar refractivity (Wildman–Crippen MR) is 69.1 cm³/mol. The summed E-state index contributed by atoms with van der Waals surface area (Å²) in [5.41, 5.74) is 1.10. The van der Waals surface area contributed by atoms with Crippen LogP contribution < -0.4 is 0 Å². The van der Waals surface area contributed by atoms with Crippen LogP contribution >= 0.6 is 0 Å². The molecule has 0 atom stereocenters. The molecule has 2 nitrogen and oxygen atoms in total. The molecule has 0 aromatic rings. The molecule has 1 amide bonds. The van der Waals surface area contributed by atoms with Crippen LogP contribution in [0.1, 0.15) is 48.0 Å². The topological polar surface area (TPSA) is 29.4 Å². The number of nitrogens with zero attached hydrogens (tertiary/aromatic N) is 1. The Balaban J connectivity index is 4.77. The van der Waals surface area contributed by atoms with E-state index in [1.807, 2.05) is 13.8 Å². The van der Waals surface area contributed by atoms with E-state index in [1.165, 1.54) is 0 Å². The Kier molecular flexibility index (Phi) is 6.73. The van der Waals surface area contributed by atoms with Gasteiger partial charge in [0.2, 0.25) is 0 Å². The summed E-state index contributed by atoms with van der Waals surface area (Å²) < 4.78 is 4.28. The van der Waals surface area contributed by atoms with Crippen LogP contribution in [0.25, 0.3) is 0 Å². The summed E-state index contributed by atoms with van der Waals surface area (Å²) >= 11 is 0. The third kappa shape index (κ3) is 5.88. The van der Waals surface area contributed by atoms with Gasteiger partial charge < -0.3 is 0 Å². The molecule has 88 valence electrons. The average molecular weight is 229 g/mol. The molecule has 0 unspecified atom stereocenters. The van der Waals surface area contributed by atoms with E-state index in [-0.39, 0.29) is 16.6 Å². The fraction of sp³-hybridized carbons (Fsp3) is 0.750. The minimum absolute atomic E-state index is 0.0694. The van der Waals surface area contributed by atoms with Crippen molar-refractivity contribution in [2.45, 2.75) is 58.5 Å². The van der Waals surface area contributed by atoms with Gasteiger partial charge in [-0.15, -0.1) is 0 Å². The highest BCUT2D eigenvalue weighted by atomic mass is 32.2. The Morgan fingerprint density at radius 2 is 1.73 bits per heavy atom. The number of rotatable bonds is 4. The first-order valence-electron chi connectivity index (χ1n) is 5.53. The lowest BCUT2D eigenvalue weighted by Gasteiger charge is -2.14. The first-order valence-corrected chi connectivity index (χ1v) is 6.84. The summed E-state index contributed by atoms with van der Waals surface area (Å²) in [5, 5.41) is 0.897. The lowest BCUT2D eigenvalue weighted by molar-refractivity contribution is -0.113. The molecule has 0 rings (SSSR count). The Bertz CT molecular complexity index is 267. The lowest BCUT2D eigenvalue weighted by Crippen LogP contribution is -2.17. The quantitative estimate of drug-likeness (QED) is 0.679. The van der Waals surface area contributed by atoms with Crippen molar-refractivity contribution >= 4 is 16.6 Å². The molecule has 3 heteroatoms. The zero-order valence-electron chi connectivity index (χ0n) is 10.7. The molecule has 0 saturated carbocycles. The predicted octanol–water partition coefficient (Wildman–Crippen LogP) is 3.49. The zero-order chi connectivity index (χ0) is 12.0. The van der Waals surface area contributed by atoms with Crippen molar-refractivity contribution in [3.05, 3.63) is 11.6 Å². The smallest absolute Gasteiger partial charge is 0.267 e. The first kappa shape index (κ1) is 14.6. The molecule has 0 N–H and O–H groups in total. The molecule has 0 aromatic carbocycles. The van der Waals surface area contributed by atoms with E-state index in [2.05, 4.69) is 32.1 Å². The molecule has 0 spiro atoms. The summed E-state index contributed by atoms with van der Waals surface area (Å²) in [7, 11) is -0.146. The standard InChI is InChI=1S/C12H23NOS/c1-7-11(6)8-12(14)13-15(9(2)3)10(4)5/h8-10H,7H2,1-6H3/b11-8+. The van der Waals surface area contributed by atoms with Crippen LogP contribution in [0.15, 0.2) is 16.0 Å². The molecular weight excluding hydrogens is 206 g/mol. The van der Waals surface area contributed by atoms with Gasteiger partial charge in [0.05, 0.1) is 0 Å². The highest BCUT2D eigenvalue weighted by Gasteiger charge is 2.09. The van der Waals surface area contributed by atoms with Gasteiger partial charge in [0, 0.05) is 16.6 Å². The SMILES string of the molecule is CC/C(C)=C/C(=O)N=S(C(C)C)C(C)C. The van der Waals surface area contributed by atoms with Gasteiger partial charge in [-0.25, -0.2) is 0 Å². The molecule has 0 saturated heterocycles. The fourth-order valence-electron chi connectivity index (χ4n) is 1.20. The van der Waals surface area contributed by atoms with Crippen molar-refractivity contribution < 1.29 is 4.79 Å². The van der Waals surface area contributed by atoms with Crippen molar-refractivity contribution in [2.24, 2.45) is 4.36 Å². The molecule has 15 heavy (non-hydrogen) atoms.